The maximum atomic E-state index is 12.9. The predicted molar refractivity (Wildman–Crippen MR) is 113 cm³/mol. The van der Waals surface area contributed by atoms with E-state index in [9.17, 15) is 4.79 Å². The number of aromatic nitrogens is 2. The first-order valence-corrected chi connectivity index (χ1v) is 11.0. The SMILES string of the molecule is Cn1nc(-c2cccs2)cc1CC(=O)c1cccc(C2CC2NCC2CC2)c1. The van der Waals surface area contributed by atoms with Crippen LogP contribution in [-0.4, -0.2) is 28.2 Å². The van der Waals surface area contributed by atoms with Gasteiger partial charge in [-0.3, -0.25) is 9.48 Å². The van der Waals surface area contributed by atoms with Gasteiger partial charge in [-0.15, -0.1) is 11.3 Å². The number of Topliss-reactive ketones (excluding diaryl/α,β-unsaturated/α-hetero) is 1. The first kappa shape index (κ1) is 17.8. The van der Waals surface area contributed by atoms with Crippen molar-refractivity contribution in [3.8, 4) is 10.6 Å². The van der Waals surface area contributed by atoms with E-state index in [2.05, 4.69) is 28.6 Å². The molecule has 2 fully saturated rings. The average molecular weight is 392 g/mol. The van der Waals surface area contributed by atoms with Gasteiger partial charge in [0.15, 0.2) is 5.78 Å². The van der Waals surface area contributed by atoms with Crippen LogP contribution in [0.25, 0.3) is 10.6 Å². The zero-order chi connectivity index (χ0) is 19.1. The fourth-order valence-corrected chi connectivity index (χ4v) is 4.54. The van der Waals surface area contributed by atoms with Gasteiger partial charge < -0.3 is 5.32 Å². The average Bonchev–Trinajstić information content (AvgIpc) is 3.59. The van der Waals surface area contributed by atoms with Crippen molar-refractivity contribution in [1.29, 1.82) is 0 Å². The van der Waals surface area contributed by atoms with Crippen LogP contribution in [0, 0.1) is 5.92 Å². The monoisotopic (exact) mass is 391 g/mol. The van der Waals surface area contributed by atoms with E-state index in [1.54, 1.807) is 11.3 Å². The summed E-state index contributed by atoms with van der Waals surface area (Å²) in [5, 5.41) is 10.3. The summed E-state index contributed by atoms with van der Waals surface area (Å²) in [6.45, 7) is 1.16. The maximum Gasteiger partial charge on any atom is 0.168 e. The number of ketones is 1. The highest BCUT2D eigenvalue weighted by atomic mass is 32.1. The molecule has 0 saturated heterocycles. The molecular formula is C23H25N3OS. The Morgan fingerprint density at radius 3 is 2.93 bits per heavy atom. The number of hydrogen-bond acceptors (Lipinski definition) is 4. The van der Waals surface area contributed by atoms with Crippen LogP contribution < -0.4 is 5.32 Å². The molecule has 2 atom stereocenters. The van der Waals surface area contributed by atoms with Gasteiger partial charge >= 0.3 is 0 Å². The highest BCUT2D eigenvalue weighted by molar-refractivity contribution is 7.13. The molecule has 28 heavy (non-hydrogen) atoms. The first-order valence-electron chi connectivity index (χ1n) is 10.1. The van der Waals surface area contributed by atoms with Crippen LogP contribution >= 0.6 is 11.3 Å². The van der Waals surface area contributed by atoms with Crippen LogP contribution in [0.5, 0.6) is 0 Å². The van der Waals surface area contributed by atoms with E-state index < -0.39 is 0 Å². The normalized spacial score (nSPS) is 21.0. The summed E-state index contributed by atoms with van der Waals surface area (Å²) in [4.78, 5) is 14.0. The number of hydrogen-bond donors (Lipinski definition) is 1. The van der Waals surface area contributed by atoms with Crippen LogP contribution in [0.2, 0.25) is 0 Å². The van der Waals surface area contributed by atoms with Gasteiger partial charge in [-0.05, 0) is 60.9 Å². The van der Waals surface area contributed by atoms with E-state index in [4.69, 9.17) is 0 Å². The third-order valence-corrected chi connectivity index (χ3v) is 6.78. The molecule has 0 bridgehead atoms. The Morgan fingerprint density at radius 1 is 1.25 bits per heavy atom. The topological polar surface area (TPSA) is 46.9 Å². The van der Waals surface area contributed by atoms with Crippen molar-refractivity contribution in [2.45, 2.75) is 37.6 Å². The molecule has 2 aliphatic carbocycles. The van der Waals surface area contributed by atoms with Crippen molar-refractivity contribution in [3.63, 3.8) is 0 Å². The second-order valence-corrected chi connectivity index (χ2v) is 9.10. The third-order valence-electron chi connectivity index (χ3n) is 5.88. The number of carbonyl (C=O) groups is 1. The van der Waals surface area contributed by atoms with E-state index in [0.717, 1.165) is 34.3 Å². The van der Waals surface area contributed by atoms with Crippen LogP contribution in [0.15, 0.2) is 47.8 Å². The molecule has 4 nitrogen and oxygen atoms in total. The molecule has 0 aliphatic heterocycles. The summed E-state index contributed by atoms with van der Waals surface area (Å²) in [5.41, 5.74) is 4.00. The van der Waals surface area contributed by atoms with Crippen molar-refractivity contribution >= 4 is 17.1 Å². The van der Waals surface area contributed by atoms with Crippen molar-refractivity contribution < 1.29 is 4.79 Å². The number of carbonyl (C=O) groups excluding carboxylic acids is 1. The molecule has 1 N–H and O–H groups in total. The van der Waals surface area contributed by atoms with Crippen LogP contribution in [-0.2, 0) is 13.5 Å². The minimum absolute atomic E-state index is 0.158. The van der Waals surface area contributed by atoms with E-state index in [-0.39, 0.29) is 5.78 Å². The molecule has 0 spiro atoms. The lowest BCUT2D eigenvalue weighted by atomic mass is 10.0. The van der Waals surface area contributed by atoms with Gasteiger partial charge in [-0.2, -0.15) is 5.10 Å². The largest absolute Gasteiger partial charge is 0.313 e. The van der Waals surface area contributed by atoms with Gasteiger partial charge in [0.2, 0.25) is 0 Å². The van der Waals surface area contributed by atoms with E-state index in [1.807, 2.05) is 41.4 Å². The molecule has 0 amide bonds. The van der Waals surface area contributed by atoms with Gasteiger partial charge in [0.25, 0.3) is 0 Å². The van der Waals surface area contributed by atoms with E-state index in [1.165, 1.54) is 24.8 Å². The summed E-state index contributed by atoms with van der Waals surface area (Å²) in [6, 6.07) is 14.9. The molecule has 2 saturated carbocycles. The number of aryl methyl sites for hydroxylation is 1. The Bertz CT molecular complexity index is 987. The smallest absolute Gasteiger partial charge is 0.168 e. The van der Waals surface area contributed by atoms with Crippen molar-refractivity contribution in [2.75, 3.05) is 6.54 Å². The highest BCUT2D eigenvalue weighted by Crippen LogP contribution is 2.42. The Morgan fingerprint density at radius 2 is 2.14 bits per heavy atom. The summed E-state index contributed by atoms with van der Waals surface area (Å²) in [7, 11) is 1.91. The van der Waals surface area contributed by atoms with Gasteiger partial charge in [-0.25, -0.2) is 0 Å². The molecule has 2 heterocycles. The fourth-order valence-electron chi connectivity index (χ4n) is 3.85. The molecule has 1 aromatic carbocycles. The van der Waals surface area contributed by atoms with Crippen molar-refractivity contribution in [1.82, 2.24) is 15.1 Å². The summed E-state index contributed by atoms with van der Waals surface area (Å²) < 4.78 is 1.83. The maximum absolute atomic E-state index is 12.9. The molecule has 3 aromatic rings. The van der Waals surface area contributed by atoms with E-state index >= 15 is 0 Å². The Kier molecular flexibility index (Phi) is 4.65. The molecule has 2 aromatic heterocycles. The molecule has 0 radical (unpaired) electrons. The number of benzene rings is 1. The molecule has 2 unspecified atom stereocenters. The lowest BCUT2D eigenvalue weighted by molar-refractivity contribution is 0.0990. The summed E-state index contributed by atoms with van der Waals surface area (Å²) >= 11 is 1.67. The zero-order valence-corrected chi connectivity index (χ0v) is 16.9. The van der Waals surface area contributed by atoms with Gasteiger partial charge in [0, 0.05) is 30.3 Å². The molecule has 5 heteroatoms. The second kappa shape index (κ2) is 7.30. The van der Waals surface area contributed by atoms with Crippen LogP contribution in [0.4, 0.5) is 0 Å². The quantitative estimate of drug-likeness (QED) is 0.578. The van der Waals surface area contributed by atoms with Crippen LogP contribution in [0.3, 0.4) is 0 Å². The standard InChI is InChI=1S/C23H25N3OS/c1-26-18(11-21(25-26)23-6-3-9-28-23)12-22(27)17-5-2-4-16(10-17)19-13-20(19)24-14-15-7-8-15/h2-6,9-11,15,19-20,24H,7-8,12-14H2,1H3. The number of rotatable bonds is 8. The minimum Gasteiger partial charge on any atom is -0.313 e. The van der Waals surface area contributed by atoms with Gasteiger partial charge in [0.1, 0.15) is 5.69 Å². The predicted octanol–water partition coefficient (Wildman–Crippen LogP) is 4.43. The Labute approximate surface area is 169 Å². The Balaban J connectivity index is 1.26. The first-order chi connectivity index (χ1) is 13.7. The Hall–Kier alpha value is -2.24. The number of nitrogens with one attached hydrogen (secondary N) is 1. The lowest BCUT2D eigenvalue weighted by Gasteiger charge is -2.06. The van der Waals surface area contributed by atoms with E-state index in [0.29, 0.717) is 18.4 Å². The number of nitrogens with zero attached hydrogens (tertiary/aromatic N) is 2. The number of thiophene rings is 1. The molecule has 5 rings (SSSR count). The molecular weight excluding hydrogens is 366 g/mol. The minimum atomic E-state index is 0.158. The van der Waals surface area contributed by atoms with Crippen molar-refractivity contribution in [3.05, 3.63) is 64.7 Å². The summed E-state index contributed by atoms with van der Waals surface area (Å²) in [6.07, 6.45) is 4.34. The van der Waals surface area contributed by atoms with Crippen molar-refractivity contribution in [2.24, 2.45) is 13.0 Å². The van der Waals surface area contributed by atoms with Gasteiger partial charge in [-0.1, -0.05) is 24.3 Å². The molecule has 2 aliphatic rings. The fraction of sp³-hybridized carbons (Fsp3) is 0.391. The van der Waals surface area contributed by atoms with Gasteiger partial charge in [0.05, 0.1) is 11.3 Å². The summed E-state index contributed by atoms with van der Waals surface area (Å²) in [5.74, 6) is 1.63. The second-order valence-electron chi connectivity index (χ2n) is 8.15. The zero-order valence-electron chi connectivity index (χ0n) is 16.1. The lowest BCUT2D eigenvalue weighted by Crippen LogP contribution is -2.20. The van der Waals surface area contributed by atoms with Crippen LogP contribution in [0.1, 0.15) is 46.8 Å². The highest BCUT2D eigenvalue weighted by Gasteiger charge is 2.39. The third kappa shape index (κ3) is 3.82. The molecule has 144 valence electrons.